The summed E-state index contributed by atoms with van der Waals surface area (Å²) in [4.78, 5) is 0. The Bertz CT molecular complexity index is 104. The molecule has 1 rings (SSSR count). The molecule has 0 aromatic rings. The summed E-state index contributed by atoms with van der Waals surface area (Å²) in [6.07, 6.45) is 2.71. The van der Waals surface area contributed by atoms with Crippen molar-refractivity contribution in [3.05, 3.63) is 0 Å². The van der Waals surface area contributed by atoms with Gasteiger partial charge < -0.3 is 5.73 Å². The predicted octanol–water partition coefficient (Wildman–Crippen LogP) is 2.26. The second-order valence-electron chi connectivity index (χ2n) is 4.12. The topological polar surface area (TPSA) is 26.0 Å². The number of nitrogens with two attached hydrogens (primary N) is 1. The number of hydrogen-bond donors (Lipinski definition) is 1. The summed E-state index contributed by atoms with van der Waals surface area (Å²) >= 11 is 0. The van der Waals surface area contributed by atoms with Gasteiger partial charge in [-0.05, 0) is 36.6 Å². The third-order valence-electron chi connectivity index (χ3n) is 3.75. The van der Waals surface area contributed by atoms with Crippen LogP contribution in [0.25, 0.3) is 0 Å². The van der Waals surface area contributed by atoms with Gasteiger partial charge in [0, 0.05) is 0 Å². The van der Waals surface area contributed by atoms with Crippen molar-refractivity contribution in [2.45, 2.75) is 33.6 Å². The van der Waals surface area contributed by atoms with Crippen LogP contribution in [0.1, 0.15) is 33.6 Å². The second kappa shape index (κ2) is 3.57. The molecular formula is C10H21N. The van der Waals surface area contributed by atoms with Crippen molar-refractivity contribution < 1.29 is 0 Å². The molecule has 0 aliphatic heterocycles. The molecule has 0 aromatic carbocycles. The summed E-state index contributed by atoms with van der Waals surface area (Å²) in [7, 11) is 0. The molecule has 0 amide bonds. The van der Waals surface area contributed by atoms with Crippen LogP contribution in [0, 0.1) is 23.7 Å². The fourth-order valence-corrected chi connectivity index (χ4v) is 2.53. The highest BCUT2D eigenvalue weighted by Crippen LogP contribution is 2.41. The fourth-order valence-electron chi connectivity index (χ4n) is 2.53. The van der Waals surface area contributed by atoms with Gasteiger partial charge in [0.05, 0.1) is 0 Å². The normalized spacial score (nSPS) is 44.7. The average molecular weight is 155 g/mol. The molecule has 0 saturated heterocycles. The van der Waals surface area contributed by atoms with Gasteiger partial charge >= 0.3 is 0 Å². The van der Waals surface area contributed by atoms with E-state index in [4.69, 9.17) is 5.73 Å². The Morgan fingerprint density at radius 3 is 2.00 bits per heavy atom. The summed E-state index contributed by atoms with van der Waals surface area (Å²) in [6, 6.07) is 0. The van der Waals surface area contributed by atoms with E-state index in [1.807, 2.05) is 0 Å². The molecule has 0 aromatic heterocycles. The Morgan fingerprint density at radius 2 is 1.73 bits per heavy atom. The molecule has 2 N–H and O–H groups in total. The molecule has 66 valence electrons. The van der Waals surface area contributed by atoms with E-state index in [-0.39, 0.29) is 0 Å². The summed E-state index contributed by atoms with van der Waals surface area (Å²) in [5.74, 6) is 3.49. The maximum atomic E-state index is 5.70. The van der Waals surface area contributed by atoms with E-state index in [2.05, 4.69) is 20.8 Å². The molecule has 4 unspecified atom stereocenters. The third-order valence-corrected chi connectivity index (χ3v) is 3.75. The van der Waals surface area contributed by atoms with Crippen molar-refractivity contribution in [2.75, 3.05) is 6.54 Å². The van der Waals surface area contributed by atoms with Gasteiger partial charge in [0.2, 0.25) is 0 Å². The highest BCUT2D eigenvalue weighted by molar-refractivity contribution is 4.85. The van der Waals surface area contributed by atoms with E-state index >= 15 is 0 Å². The van der Waals surface area contributed by atoms with E-state index in [9.17, 15) is 0 Å². The van der Waals surface area contributed by atoms with Crippen LogP contribution in [-0.4, -0.2) is 6.54 Å². The molecule has 11 heavy (non-hydrogen) atoms. The first-order valence-electron chi connectivity index (χ1n) is 4.90. The zero-order valence-electron chi connectivity index (χ0n) is 8.01. The first kappa shape index (κ1) is 9.05. The highest BCUT2D eigenvalue weighted by Gasteiger charge is 2.35. The maximum absolute atomic E-state index is 5.70. The summed E-state index contributed by atoms with van der Waals surface area (Å²) in [5, 5.41) is 0. The fraction of sp³-hybridized carbons (Fsp3) is 1.00. The summed E-state index contributed by atoms with van der Waals surface area (Å²) < 4.78 is 0. The quantitative estimate of drug-likeness (QED) is 0.650. The van der Waals surface area contributed by atoms with Gasteiger partial charge in [0.1, 0.15) is 0 Å². The smallest absolute Gasteiger partial charge is 0.00461 e. The number of rotatable bonds is 2. The largest absolute Gasteiger partial charge is 0.330 e. The van der Waals surface area contributed by atoms with Crippen LogP contribution in [0.3, 0.4) is 0 Å². The van der Waals surface area contributed by atoms with Crippen LogP contribution in [0.4, 0.5) is 0 Å². The molecule has 4 atom stereocenters. The molecule has 0 spiro atoms. The minimum atomic E-state index is 0.801. The first-order valence-corrected chi connectivity index (χ1v) is 4.90. The minimum Gasteiger partial charge on any atom is -0.330 e. The van der Waals surface area contributed by atoms with E-state index in [0.29, 0.717) is 0 Å². The van der Waals surface area contributed by atoms with E-state index in [0.717, 1.165) is 30.2 Å². The van der Waals surface area contributed by atoms with E-state index in [1.54, 1.807) is 0 Å². The van der Waals surface area contributed by atoms with Crippen molar-refractivity contribution in [1.29, 1.82) is 0 Å². The third kappa shape index (κ3) is 1.58. The van der Waals surface area contributed by atoms with Gasteiger partial charge in [-0.25, -0.2) is 0 Å². The molecule has 1 heteroatoms. The Balaban J connectivity index is 2.53. The predicted molar refractivity (Wildman–Crippen MR) is 49.3 cm³/mol. The van der Waals surface area contributed by atoms with Gasteiger partial charge in [0.15, 0.2) is 0 Å². The Kier molecular flexibility index (Phi) is 2.94. The van der Waals surface area contributed by atoms with Gasteiger partial charge in [0.25, 0.3) is 0 Å². The van der Waals surface area contributed by atoms with Crippen LogP contribution >= 0.6 is 0 Å². The van der Waals surface area contributed by atoms with Crippen LogP contribution < -0.4 is 5.73 Å². The van der Waals surface area contributed by atoms with E-state index in [1.165, 1.54) is 12.8 Å². The van der Waals surface area contributed by atoms with Crippen LogP contribution in [0.5, 0.6) is 0 Å². The minimum absolute atomic E-state index is 0.801. The van der Waals surface area contributed by atoms with Crippen molar-refractivity contribution in [1.82, 2.24) is 0 Å². The van der Waals surface area contributed by atoms with Crippen molar-refractivity contribution in [3.63, 3.8) is 0 Å². The van der Waals surface area contributed by atoms with Crippen LogP contribution in [0.2, 0.25) is 0 Å². The molecule has 1 aliphatic rings. The Hall–Kier alpha value is -0.0400. The lowest BCUT2D eigenvalue weighted by molar-refractivity contribution is 0.329. The molecule has 0 heterocycles. The monoisotopic (exact) mass is 155 g/mol. The lowest BCUT2D eigenvalue weighted by Gasteiger charge is -2.17. The summed E-state index contributed by atoms with van der Waals surface area (Å²) in [5.41, 5.74) is 5.70. The lowest BCUT2D eigenvalue weighted by atomic mass is 9.89. The molecule has 0 radical (unpaired) electrons. The Labute approximate surface area is 70.4 Å². The SMILES string of the molecule is CCC1CC(CN)C(C)C1C. The maximum Gasteiger partial charge on any atom is -0.00461 e. The molecule has 1 fully saturated rings. The van der Waals surface area contributed by atoms with Crippen LogP contribution in [-0.2, 0) is 0 Å². The molecule has 1 saturated carbocycles. The first-order chi connectivity index (χ1) is 5.20. The van der Waals surface area contributed by atoms with Gasteiger partial charge in [-0.15, -0.1) is 0 Å². The van der Waals surface area contributed by atoms with Gasteiger partial charge in [-0.2, -0.15) is 0 Å². The second-order valence-corrected chi connectivity index (χ2v) is 4.12. The highest BCUT2D eigenvalue weighted by atomic mass is 14.6. The molecule has 1 aliphatic carbocycles. The Morgan fingerprint density at radius 1 is 1.18 bits per heavy atom. The summed E-state index contributed by atoms with van der Waals surface area (Å²) in [6.45, 7) is 7.93. The van der Waals surface area contributed by atoms with Crippen molar-refractivity contribution >= 4 is 0 Å². The van der Waals surface area contributed by atoms with Gasteiger partial charge in [-0.3, -0.25) is 0 Å². The van der Waals surface area contributed by atoms with Crippen LogP contribution in [0.15, 0.2) is 0 Å². The zero-order valence-corrected chi connectivity index (χ0v) is 8.01. The molecule has 0 bridgehead atoms. The van der Waals surface area contributed by atoms with Crippen molar-refractivity contribution in [2.24, 2.45) is 29.4 Å². The van der Waals surface area contributed by atoms with Crippen molar-refractivity contribution in [3.8, 4) is 0 Å². The average Bonchev–Trinajstić information content (AvgIpc) is 2.30. The number of hydrogen-bond acceptors (Lipinski definition) is 1. The zero-order chi connectivity index (χ0) is 8.43. The van der Waals surface area contributed by atoms with E-state index < -0.39 is 0 Å². The van der Waals surface area contributed by atoms with Gasteiger partial charge in [-0.1, -0.05) is 27.2 Å². The lowest BCUT2D eigenvalue weighted by Crippen LogP contribution is -2.18. The standard InChI is InChI=1S/C10H21N/c1-4-9-5-10(6-11)8(3)7(9)2/h7-10H,4-6,11H2,1-3H3. The molecular weight excluding hydrogens is 134 g/mol. The molecule has 1 nitrogen and oxygen atoms in total.